The van der Waals surface area contributed by atoms with Crippen molar-refractivity contribution in [3.63, 3.8) is 0 Å². The SMILES string of the molecule is CC(C)C(=O)Nc1cccc(NC(=O)c2ccc(S(=O)(=O)N(C)C3CCCCC3)cc2)c1. The molecule has 1 saturated carbocycles. The number of benzene rings is 2. The molecule has 2 aromatic rings. The summed E-state index contributed by atoms with van der Waals surface area (Å²) in [6, 6.07) is 12.9. The van der Waals surface area contributed by atoms with Gasteiger partial charge in [-0.2, -0.15) is 4.31 Å². The Hall–Kier alpha value is -2.71. The van der Waals surface area contributed by atoms with E-state index >= 15 is 0 Å². The lowest BCUT2D eigenvalue weighted by Crippen LogP contribution is -2.38. The van der Waals surface area contributed by atoms with Gasteiger partial charge < -0.3 is 10.6 Å². The molecule has 172 valence electrons. The third-order valence-corrected chi connectivity index (χ3v) is 7.72. The smallest absolute Gasteiger partial charge is 0.255 e. The number of hydrogen-bond donors (Lipinski definition) is 2. The zero-order chi connectivity index (χ0) is 23.3. The van der Waals surface area contributed by atoms with Gasteiger partial charge in [0.1, 0.15) is 0 Å². The second-order valence-corrected chi connectivity index (χ2v) is 10.5. The molecule has 7 nitrogen and oxygen atoms in total. The maximum atomic E-state index is 13.0. The van der Waals surface area contributed by atoms with Crippen LogP contribution < -0.4 is 10.6 Å². The highest BCUT2D eigenvalue weighted by Gasteiger charge is 2.29. The first kappa shape index (κ1) is 23.9. The van der Waals surface area contributed by atoms with Crippen molar-refractivity contribution in [1.29, 1.82) is 0 Å². The molecular formula is C24H31N3O4S. The molecule has 0 aliphatic heterocycles. The molecule has 1 aliphatic rings. The second-order valence-electron chi connectivity index (χ2n) is 8.52. The van der Waals surface area contributed by atoms with Gasteiger partial charge in [-0.05, 0) is 55.3 Å². The van der Waals surface area contributed by atoms with Crippen molar-refractivity contribution in [2.24, 2.45) is 5.92 Å². The summed E-state index contributed by atoms with van der Waals surface area (Å²) in [5.41, 5.74) is 1.47. The predicted octanol–water partition coefficient (Wildman–Crippen LogP) is 4.49. The molecule has 0 heterocycles. The zero-order valence-electron chi connectivity index (χ0n) is 18.8. The minimum Gasteiger partial charge on any atom is -0.326 e. The number of hydrogen-bond acceptors (Lipinski definition) is 4. The molecule has 2 amide bonds. The summed E-state index contributed by atoms with van der Waals surface area (Å²) >= 11 is 0. The topological polar surface area (TPSA) is 95.6 Å². The van der Waals surface area contributed by atoms with E-state index in [9.17, 15) is 18.0 Å². The van der Waals surface area contributed by atoms with E-state index in [1.807, 2.05) is 0 Å². The Bertz CT molecular complexity index is 1060. The van der Waals surface area contributed by atoms with Crippen LogP contribution in [0, 0.1) is 5.92 Å². The number of nitrogens with one attached hydrogen (secondary N) is 2. The third kappa shape index (κ3) is 5.75. The van der Waals surface area contributed by atoms with E-state index in [1.165, 1.54) is 28.6 Å². The van der Waals surface area contributed by atoms with Crippen LogP contribution in [0.2, 0.25) is 0 Å². The van der Waals surface area contributed by atoms with Gasteiger partial charge in [-0.1, -0.05) is 39.2 Å². The first-order chi connectivity index (χ1) is 15.2. The number of rotatable bonds is 7. The Kier molecular flexibility index (Phi) is 7.69. The van der Waals surface area contributed by atoms with Crippen LogP contribution in [0.25, 0.3) is 0 Å². The summed E-state index contributed by atoms with van der Waals surface area (Å²) in [7, 11) is -1.97. The number of anilines is 2. The molecule has 0 spiro atoms. The number of nitrogens with zero attached hydrogens (tertiary/aromatic N) is 1. The van der Waals surface area contributed by atoms with E-state index in [0.29, 0.717) is 16.9 Å². The van der Waals surface area contributed by atoms with Crippen LogP contribution >= 0.6 is 0 Å². The standard InChI is InChI=1S/C24H31N3O4S/c1-17(2)23(28)25-19-8-7-9-20(16-19)26-24(29)18-12-14-22(15-13-18)32(30,31)27(3)21-10-5-4-6-11-21/h7-9,12-17,21H,4-6,10-11H2,1-3H3,(H,25,28)(H,26,29). The summed E-state index contributed by atoms with van der Waals surface area (Å²) in [6.45, 7) is 3.61. The zero-order valence-corrected chi connectivity index (χ0v) is 19.6. The summed E-state index contributed by atoms with van der Waals surface area (Å²) < 4.78 is 27.4. The van der Waals surface area contributed by atoms with Crippen molar-refractivity contribution < 1.29 is 18.0 Å². The van der Waals surface area contributed by atoms with Crippen LogP contribution in [0.15, 0.2) is 53.4 Å². The van der Waals surface area contributed by atoms with Crippen molar-refractivity contribution >= 4 is 33.2 Å². The Balaban J connectivity index is 1.68. The molecule has 1 fully saturated rings. The van der Waals surface area contributed by atoms with Gasteiger partial charge in [-0.3, -0.25) is 9.59 Å². The third-order valence-electron chi connectivity index (χ3n) is 5.79. The molecule has 2 aromatic carbocycles. The number of carbonyl (C=O) groups is 2. The Morgan fingerprint density at radius 2 is 1.53 bits per heavy atom. The normalized spacial score (nSPS) is 15.0. The quantitative estimate of drug-likeness (QED) is 0.640. The molecule has 0 atom stereocenters. The fourth-order valence-corrected chi connectivity index (χ4v) is 5.17. The molecule has 32 heavy (non-hydrogen) atoms. The second kappa shape index (κ2) is 10.3. The molecule has 2 N–H and O–H groups in total. The summed E-state index contributed by atoms with van der Waals surface area (Å²) in [4.78, 5) is 24.7. The number of amides is 2. The monoisotopic (exact) mass is 457 g/mol. The minimum atomic E-state index is -3.60. The largest absolute Gasteiger partial charge is 0.326 e. The van der Waals surface area contributed by atoms with E-state index in [0.717, 1.165) is 32.1 Å². The lowest BCUT2D eigenvalue weighted by atomic mass is 9.96. The molecule has 0 aromatic heterocycles. The minimum absolute atomic E-state index is 0.0280. The van der Waals surface area contributed by atoms with E-state index in [-0.39, 0.29) is 28.7 Å². The van der Waals surface area contributed by atoms with Gasteiger partial charge in [0.15, 0.2) is 0 Å². The maximum Gasteiger partial charge on any atom is 0.255 e. The van der Waals surface area contributed by atoms with Crippen molar-refractivity contribution in [2.45, 2.75) is 56.9 Å². The van der Waals surface area contributed by atoms with Gasteiger partial charge in [0.2, 0.25) is 15.9 Å². The molecule has 3 rings (SSSR count). The van der Waals surface area contributed by atoms with Gasteiger partial charge in [0.05, 0.1) is 4.90 Å². The Labute approximate surface area is 190 Å². The van der Waals surface area contributed by atoms with Crippen LogP contribution in [0.3, 0.4) is 0 Å². The fourth-order valence-electron chi connectivity index (χ4n) is 3.75. The van der Waals surface area contributed by atoms with Gasteiger partial charge in [-0.25, -0.2) is 8.42 Å². The summed E-state index contributed by atoms with van der Waals surface area (Å²) in [5.74, 6) is -0.620. The van der Waals surface area contributed by atoms with Crippen LogP contribution in [-0.4, -0.2) is 37.6 Å². The Morgan fingerprint density at radius 1 is 0.938 bits per heavy atom. The van der Waals surface area contributed by atoms with E-state index < -0.39 is 10.0 Å². The van der Waals surface area contributed by atoms with Crippen molar-refractivity contribution in [1.82, 2.24) is 4.31 Å². The molecular weight excluding hydrogens is 426 g/mol. The van der Waals surface area contributed by atoms with Crippen LogP contribution in [-0.2, 0) is 14.8 Å². The lowest BCUT2D eigenvalue weighted by molar-refractivity contribution is -0.118. The first-order valence-electron chi connectivity index (χ1n) is 11.0. The van der Waals surface area contributed by atoms with Crippen LogP contribution in [0.5, 0.6) is 0 Å². The highest BCUT2D eigenvalue weighted by atomic mass is 32.2. The van der Waals surface area contributed by atoms with E-state index in [2.05, 4.69) is 10.6 Å². The molecule has 8 heteroatoms. The van der Waals surface area contributed by atoms with Gasteiger partial charge in [0.25, 0.3) is 5.91 Å². The maximum absolute atomic E-state index is 13.0. The van der Waals surface area contributed by atoms with Crippen molar-refractivity contribution in [3.05, 3.63) is 54.1 Å². The summed E-state index contributed by atoms with van der Waals surface area (Å²) in [6.07, 6.45) is 5.01. The highest BCUT2D eigenvalue weighted by molar-refractivity contribution is 7.89. The first-order valence-corrected chi connectivity index (χ1v) is 12.4. The van der Waals surface area contributed by atoms with E-state index in [1.54, 1.807) is 45.2 Å². The summed E-state index contributed by atoms with van der Waals surface area (Å²) in [5, 5.41) is 5.58. The molecule has 0 unspecified atom stereocenters. The molecule has 0 saturated heterocycles. The van der Waals surface area contributed by atoms with Gasteiger partial charge in [0, 0.05) is 35.9 Å². The van der Waals surface area contributed by atoms with Crippen molar-refractivity contribution in [2.75, 3.05) is 17.7 Å². The van der Waals surface area contributed by atoms with Gasteiger partial charge >= 0.3 is 0 Å². The van der Waals surface area contributed by atoms with Crippen molar-refractivity contribution in [3.8, 4) is 0 Å². The average molecular weight is 458 g/mol. The lowest BCUT2D eigenvalue weighted by Gasteiger charge is -2.30. The van der Waals surface area contributed by atoms with Crippen LogP contribution in [0.4, 0.5) is 11.4 Å². The van der Waals surface area contributed by atoms with Gasteiger partial charge in [-0.15, -0.1) is 0 Å². The predicted molar refractivity (Wildman–Crippen MR) is 126 cm³/mol. The fraction of sp³-hybridized carbons (Fsp3) is 0.417. The average Bonchev–Trinajstić information content (AvgIpc) is 2.79. The van der Waals surface area contributed by atoms with E-state index in [4.69, 9.17) is 0 Å². The molecule has 0 bridgehead atoms. The Morgan fingerprint density at radius 3 is 2.12 bits per heavy atom. The van der Waals surface area contributed by atoms with Crippen LogP contribution in [0.1, 0.15) is 56.3 Å². The molecule has 0 radical (unpaired) electrons. The molecule has 1 aliphatic carbocycles. The highest BCUT2D eigenvalue weighted by Crippen LogP contribution is 2.26. The number of carbonyl (C=O) groups excluding carboxylic acids is 2. The number of sulfonamides is 1.